The smallest absolute Gasteiger partial charge is 0.126 e. The van der Waals surface area contributed by atoms with E-state index in [-0.39, 0.29) is 0 Å². The minimum Gasteiger partial charge on any atom is -0.492 e. The molecule has 94 valence electrons. The molecule has 1 rings (SSSR count). The van der Waals surface area contributed by atoms with E-state index in [1.54, 1.807) is 6.08 Å². The molecular formula is C14H22N2O. The van der Waals surface area contributed by atoms with Crippen LogP contribution in [-0.2, 0) is 0 Å². The van der Waals surface area contributed by atoms with Gasteiger partial charge in [0.25, 0.3) is 0 Å². The van der Waals surface area contributed by atoms with Crippen LogP contribution in [0.2, 0.25) is 0 Å². The molecule has 0 amide bonds. The molecule has 1 aromatic rings. The van der Waals surface area contributed by atoms with Gasteiger partial charge in [0.05, 0.1) is 0 Å². The molecule has 0 aliphatic rings. The number of likely N-dealkylation sites (N-methyl/N-ethyl adjacent to an activating group) is 1. The Kier molecular flexibility index (Phi) is 5.57. The maximum atomic E-state index is 5.75. The molecule has 0 heterocycles. The molecule has 0 aliphatic carbocycles. The molecule has 0 fully saturated rings. The van der Waals surface area contributed by atoms with Crippen molar-refractivity contribution in [2.24, 2.45) is 0 Å². The Morgan fingerprint density at radius 3 is 2.65 bits per heavy atom. The van der Waals surface area contributed by atoms with Crippen molar-refractivity contribution in [3.05, 3.63) is 30.3 Å². The average Bonchev–Trinajstić information content (AvgIpc) is 2.36. The summed E-state index contributed by atoms with van der Waals surface area (Å²) in [5.41, 5.74) is 7.39. The molecule has 17 heavy (non-hydrogen) atoms. The second-order valence-corrected chi connectivity index (χ2v) is 3.88. The fourth-order valence-corrected chi connectivity index (χ4v) is 1.68. The molecule has 1 aromatic carbocycles. The molecule has 0 atom stereocenters. The summed E-state index contributed by atoms with van der Waals surface area (Å²) in [7, 11) is 0. The standard InChI is InChI=1S/C14H22N2O/c1-4-12-11-13(15)7-8-14(12)17-10-9-16(5-2)6-3/h4,7-8,11H,1,5-6,9-10,15H2,2-3H3. The number of nitrogens with zero attached hydrogens (tertiary/aromatic N) is 1. The van der Waals surface area contributed by atoms with E-state index in [1.165, 1.54) is 0 Å². The summed E-state index contributed by atoms with van der Waals surface area (Å²) >= 11 is 0. The van der Waals surface area contributed by atoms with Crippen LogP contribution in [0.1, 0.15) is 19.4 Å². The van der Waals surface area contributed by atoms with E-state index in [4.69, 9.17) is 10.5 Å². The van der Waals surface area contributed by atoms with Gasteiger partial charge >= 0.3 is 0 Å². The lowest BCUT2D eigenvalue weighted by atomic mass is 10.2. The summed E-state index contributed by atoms with van der Waals surface area (Å²) in [6, 6.07) is 5.62. The highest BCUT2D eigenvalue weighted by Crippen LogP contribution is 2.22. The predicted octanol–water partition coefficient (Wildman–Crippen LogP) is 2.63. The lowest BCUT2D eigenvalue weighted by molar-refractivity contribution is 0.222. The third-order valence-electron chi connectivity index (χ3n) is 2.81. The zero-order chi connectivity index (χ0) is 12.7. The minimum absolute atomic E-state index is 0.687. The van der Waals surface area contributed by atoms with Crippen molar-refractivity contribution in [2.75, 3.05) is 32.0 Å². The van der Waals surface area contributed by atoms with Crippen molar-refractivity contribution in [2.45, 2.75) is 13.8 Å². The SMILES string of the molecule is C=Cc1cc(N)ccc1OCCN(CC)CC. The van der Waals surface area contributed by atoms with Crippen LogP contribution in [0.15, 0.2) is 24.8 Å². The molecule has 2 N–H and O–H groups in total. The zero-order valence-corrected chi connectivity index (χ0v) is 10.8. The normalized spacial score (nSPS) is 10.5. The van der Waals surface area contributed by atoms with Gasteiger partial charge in [-0.1, -0.05) is 26.5 Å². The summed E-state index contributed by atoms with van der Waals surface area (Å²) in [4.78, 5) is 2.32. The van der Waals surface area contributed by atoms with Crippen molar-refractivity contribution in [3.8, 4) is 5.75 Å². The first-order valence-electron chi connectivity index (χ1n) is 6.08. The number of ether oxygens (including phenoxy) is 1. The first kappa shape index (κ1) is 13.6. The molecule has 0 unspecified atom stereocenters. The Bertz CT molecular complexity index is 359. The lowest BCUT2D eigenvalue weighted by Crippen LogP contribution is -2.28. The van der Waals surface area contributed by atoms with E-state index in [0.717, 1.165) is 36.6 Å². The third-order valence-corrected chi connectivity index (χ3v) is 2.81. The minimum atomic E-state index is 0.687. The van der Waals surface area contributed by atoms with E-state index in [2.05, 4.69) is 25.3 Å². The number of hydrogen-bond acceptors (Lipinski definition) is 3. The second-order valence-electron chi connectivity index (χ2n) is 3.88. The van der Waals surface area contributed by atoms with Crippen LogP contribution < -0.4 is 10.5 Å². The highest BCUT2D eigenvalue weighted by Gasteiger charge is 2.03. The van der Waals surface area contributed by atoms with E-state index >= 15 is 0 Å². The first-order valence-corrected chi connectivity index (χ1v) is 6.08. The molecule has 0 saturated carbocycles. The number of rotatable bonds is 7. The largest absolute Gasteiger partial charge is 0.492 e. The molecule has 0 radical (unpaired) electrons. The molecule has 0 aliphatic heterocycles. The van der Waals surface area contributed by atoms with Crippen LogP contribution in [0.4, 0.5) is 5.69 Å². The van der Waals surface area contributed by atoms with Crippen molar-refractivity contribution in [1.29, 1.82) is 0 Å². The molecule has 3 heteroatoms. The van der Waals surface area contributed by atoms with Crippen LogP contribution in [-0.4, -0.2) is 31.1 Å². The summed E-state index contributed by atoms with van der Waals surface area (Å²) in [5.74, 6) is 0.848. The van der Waals surface area contributed by atoms with Gasteiger partial charge in [0.1, 0.15) is 12.4 Å². The fourth-order valence-electron chi connectivity index (χ4n) is 1.68. The predicted molar refractivity (Wildman–Crippen MR) is 74.2 cm³/mol. The first-order chi connectivity index (χ1) is 8.21. The molecular weight excluding hydrogens is 212 g/mol. The van der Waals surface area contributed by atoms with Crippen LogP contribution in [0, 0.1) is 0 Å². The van der Waals surface area contributed by atoms with Crippen LogP contribution in [0.25, 0.3) is 6.08 Å². The van der Waals surface area contributed by atoms with Crippen LogP contribution in [0.3, 0.4) is 0 Å². The van der Waals surface area contributed by atoms with Gasteiger partial charge < -0.3 is 15.4 Å². The summed E-state index contributed by atoms with van der Waals surface area (Å²) in [6.07, 6.45) is 1.77. The van der Waals surface area contributed by atoms with Gasteiger partial charge in [0, 0.05) is 17.8 Å². The van der Waals surface area contributed by atoms with Crippen molar-refractivity contribution < 1.29 is 4.74 Å². The Balaban J connectivity index is 2.54. The zero-order valence-electron chi connectivity index (χ0n) is 10.8. The Morgan fingerprint density at radius 1 is 1.35 bits per heavy atom. The summed E-state index contributed by atoms with van der Waals surface area (Å²) < 4.78 is 5.75. The fraction of sp³-hybridized carbons (Fsp3) is 0.429. The average molecular weight is 234 g/mol. The van der Waals surface area contributed by atoms with Gasteiger partial charge in [-0.2, -0.15) is 0 Å². The number of anilines is 1. The van der Waals surface area contributed by atoms with E-state index in [0.29, 0.717) is 6.61 Å². The topological polar surface area (TPSA) is 38.5 Å². The van der Waals surface area contributed by atoms with Crippen molar-refractivity contribution in [3.63, 3.8) is 0 Å². The molecule has 0 saturated heterocycles. The van der Waals surface area contributed by atoms with Crippen molar-refractivity contribution >= 4 is 11.8 Å². The second kappa shape index (κ2) is 6.97. The molecule has 0 aromatic heterocycles. The third kappa shape index (κ3) is 4.11. The maximum absolute atomic E-state index is 5.75. The van der Waals surface area contributed by atoms with Crippen LogP contribution >= 0.6 is 0 Å². The lowest BCUT2D eigenvalue weighted by Gasteiger charge is -2.18. The van der Waals surface area contributed by atoms with Gasteiger partial charge in [-0.3, -0.25) is 0 Å². The number of nitrogens with two attached hydrogens (primary N) is 1. The monoisotopic (exact) mass is 234 g/mol. The molecule has 0 spiro atoms. The highest BCUT2D eigenvalue weighted by atomic mass is 16.5. The van der Waals surface area contributed by atoms with E-state index < -0.39 is 0 Å². The van der Waals surface area contributed by atoms with E-state index in [1.807, 2.05) is 18.2 Å². The van der Waals surface area contributed by atoms with Crippen molar-refractivity contribution in [1.82, 2.24) is 4.90 Å². The van der Waals surface area contributed by atoms with Gasteiger partial charge in [-0.05, 0) is 31.3 Å². The van der Waals surface area contributed by atoms with Gasteiger partial charge in [-0.15, -0.1) is 0 Å². The van der Waals surface area contributed by atoms with Gasteiger partial charge in [-0.25, -0.2) is 0 Å². The van der Waals surface area contributed by atoms with Gasteiger partial charge in [0.2, 0.25) is 0 Å². The Hall–Kier alpha value is -1.48. The Labute approximate surface area is 104 Å². The maximum Gasteiger partial charge on any atom is 0.126 e. The summed E-state index contributed by atoms with van der Waals surface area (Å²) in [5, 5.41) is 0. The number of benzene rings is 1. The number of hydrogen-bond donors (Lipinski definition) is 1. The molecule has 0 bridgehead atoms. The van der Waals surface area contributed by atoms with Crippen LogP contribution in [0.5, 0.6) is 5.75 Å². The molecule has 3 nitrogen and oxygen atoms in total. The Morgan fingerprint density at radius 2 is 2.06 bits per heavy atom. The highest BCUT2D eigenvalue weighted by molar-refractivity contribution is 5.61. The quantitative estimate of drug-likeness (QED) is 0.737. The van der Waals surface area contributed by atoms with Gasteiger partial charge in [0.15, 0.2) is 0 Å². The number of nitrogen functional groups attached to an aromatic ring is 1. The summed E-state index contributed by atoms with van der Waals surface area (Å²) in [6.45, 7) is 11.8. The van der Waals surface area contributed by atoms with E-state index in [9.17, 15) is 0 Å².